The van der Waals surface area contributed by atoms with E-state index in [9.17, 15) is 0 Å². The molecule has 0 unspecified atom stereocenters. The van der Waals surface area contributed by atoms with Crippen LogP contribution in [-0.4, -0.2) is 19.5 Å². The zero-order valence-electron chi connectivity index (χ0n) is 24.7. The van der Waals surface area contributed by atoms with Crippen LogP contribution in [0.3, 0.4) is 0 Å². The van der Waals surface area contributed by atoms with E-state index in [2.05, 4.69) is 66.1 Å². The first-order valence-electron chi connectivity index (χ1n) is 15.3. The highest BCUT2D eigenvalue weighted by molar-refractivity contribution is 6.22. The molecule has 216 valence electrons. The predicted molar refractivity (Wildman–Crippen MR) is 184 cm³/mol. The van der Waals surface area contributed by atoms with Gasteiger partial charge in [-0.2, -0.15) is 9.97 Å². The number of para-hydroxylation sites is 3. The first kappa shape index (κ1) is 25.1. The van der Waals surface area contributed by atoms with Gasteiger partial charge in [0.15, 0.2) is 17.2 Å². The molecule has 0 spiro atoms. The predicted octanol–water partition coefficient (Wildman–Crippen LogP) is 10.4. The average molecular weight is 593 g/mol. The minimum absolute atomic E-state index is 0.521. The second-order valence-corrected chi connectivity index (χ2v) is 11.7. The fourth-order valence-corrected chi connectivity index (χ4v) is 7.00. The van der Waals surface area contributed by atoms with Gasteiger partial charge >= 0.3 is 0 Å². The van der Waals surface area contributed by atoms with Gasteiger partial charge in [0, 0.05) is 43.4 Å². The van der Waals surface area contributed by atoms with E-state index in [1.807, 2.05) is 72.8 Å². The number of rotatable bonds is 3. The van der Waals surface area contributed by atoms with E-state index >= 15 is 0 Å². The molecule has 6 aromatic carbocycles. The Morgan fingerprint density at radius 3 is 2.04 bits per heavy atom. The van der Waals surface area contributed by atoms with Gasteiger partial charge in [0.1, 0.15) is 22.3 Å². The lowest BCUT2D eigenvalue weighted by Gasteiger charge is -2.11. The minimum Gasteiger partial charge on any atom is -0.456 e. The molecule has 4 aromatic heterocycles. The van der Waals surface area contributed by atoms with Gasteiger partial charge < -0.3 is 8.83 Å². The Bertz CT molecular complexity index is 2820. The van der Waals surface area contributed by atoms with Crippen molar-refractivity contribution >= 4 is 65.7 Å². The number of nitrogens with zero attached hydrogens (tertiary/aromatic N) is 4. The zero-order valence-corrected chi connectivity index (χ0v) is 24.7. The van der Waals surface area contributed by atoms with Crippen molar-refractivity contribution in [2.24, 2.45) is 0 Å². The van der Waals surface area contributed by atoms with Gasteiger partial charge in [-0.1, -0.05) is 97.1 Å². The van der Waals surface area contributed by atoms with Crippen LogP contribution < -0.4 is 0 Å². The summed E-state index contributed by atoms with van der Waals surface area (Å²) in [4.78, 5) is 15.5. The lowest BCUT2D eigenvalue weighted by molar-refractivity contribution is 0.669. The summed E-state index contributed by atoms with van der Waals surface area (Å²) in [6.07, 6.45) is 0. The molecule has 6 nitrogen and oxygen atoms in total. The summed E-state index contributed by atoms with van der Waals surface area (Å²) in [5, 5.41) is 6.38. The third-order valence-electron chi connectivity index (χ3n) is 8.98. The van der Waals surface area contributed by atoms with Crippen molar-refractivity contribution in [3.8, 4) is 28.7 Å². The number of furan rings is 2. The molecule has 0 aliphatic heterocycles. The van der Waals surface area contributed by atoms with Crippen LogP contribution in [0.15, 0.2) is 136 Å². The van der Waals surface area contributed by atoms with Crippen LogP contribution in [0, 0.1) is 6.92 Å². The summed E-state index contributed by atoms with van der Waals surface area (Å²) in [7, 11) is 0. The maximum Gasteiger partial charge on any atom is 0.238 e. The molecular formula is C40H24N4O2. The quantitative estimate of drug-likeness (QED) is 0.204. The average Bonchev–Trinajstić information content (AvgIpc) is 3.78. The number of aromatic nitrogens is 4. The van der Waals surface area contributed by atoms with Gasteiger partial charge in [0.05, 0.1) is 5.52 Å². The van der Waals surface area contributed by atoms with Gasteiger partial charge in [-0.05, 0) is 42.8 Å². The highest BCUT2D eigenvalue weighted by atomic mass is 16.3. The Morgan fingerprint density at radius 2 is 1.20 bits per heavy atom. The largest absolute Gasteiger partial charge is 0.456 e. The Hall–Kier alpha value is -6.27. The normalized spacial score (nSPS) is 12.0. The summed E-state index contributed by atoms with van der Waals surface area (Å²) in [6.45, 7) is 2.17. The molecule has 10 rings (SSSR count). The first-order chi connectivity index (χ1) is 22.7. The SMILES string of the molecule is Cc1cc2c3ccccc3oc2c2c1c1ccccc1n2-c1nc(-c2ccccc2)nc(-c2cccc3oc4ccccc4c23)n1. The summed E-state index contributed by atoms with van der Waals surface area (Å²) in [5.41, 5.74) is 8.16. The van der Waals surface area contributed by atoms with E-state index in [1.54, 1.807) is 0 Å². The molecule has 0 amide bonds. The molecule has 0 bridgehead atoms. The Labute approximate surface area is 262 Å². The maximum absolute atomic E-state index is 6.63. The van der Waals surface area contributed by atoms with Crippen LogP contribution in [0.25, 0.3) is 94.4 Å². The van der Waals surface area contributed by atoms with Crippen LogP contribution in [0.1, 0.15) is 5.56 Å². The van der Waals surface area contributed by atoms with E-state index < -0.39 is 0 Å². The van der Waals surface area contributed by atoms with Crippen molar-refractivity contribution in [1.82, 2.24) is 19.5 Å². The Balaban J connectivity index is 1.37. The van der Waals surface area contributed by atoms with Crippen LogP contribution in [0.2, 0.25) is 0 Å². The first-order valence-corrected chi connectivity index (χ1v) is 15.3. The van der Waals surface area contributed by atoms with Gasteiger partial charge in [-0.3, -0.25) is 4.57 Å². The Morgan fingerprint density at radius 1 is 0.522 bits per heavy atom. The van der Waals surface area contributed by atoms with Crippen molar-refractivity contribution < 1.29 is 8.83 Å². The summed E-state index contributed by atoms with van der Waals surface area (Å²) in [6, 6.07) is 43.1. The Kier molecular flexibility index (Phi) is 5.11. The number of fused-ring (bicyclic) bond motifs is 10. The molecule has 6 heteroatoms. The standard InChI is InChI=1S/C40H24N4O2/c1-23-22-29-25-14-6-9-19-31(25)46-37(29)36-34(23)26-15-5-8-18-30(26)44(36)40-42-38(24-12-3-2-4-13-24)41-39(43-40)28-17-11-21-33-35(28)27-16-7-10-20-32(27)45-33/h2-22H,1H3. The van der Waals surface area contributed by atoms with Gasteiger partial charge in [0.2, 0.25) is 5.95 Å². The second kappa shape index (κ2) is 9.36. The van der Waals surface area contributed by atoms with Gasteiger partial charge in [-0.25, -0.2) is 4.98 Å². The highest BCUT2D eigenvalue weighted by Gasteiger charge is 2.24. The van der Waals surface area contributed by atoms with Crippen molar-refractivity contribution in [1.29, 1.82) is 0 Å². The number of hydrogen-bond donors (Lipinski definition) is 0. The molecule has 4 heterocycles. The van der Waals surface area contributed by atoms with Crippen molar-refractivity contribution in [2.45, 2.75) is 6.92 Å². The van der Waals surface area contributed by atoms with Crippen molar-refractivity contribution in [2.75, 3.05) is 0 Å². The number of benzene rings is 6. The van der Waals surface area contributed by atoms with Crippen LogP contribution in [0.4, 0.5) is 0 Å². The molecule has 0 atom stereocenters. The molecule has 0 radical (unpaired) electrons. The minimum atomic E-state index is 0.521. The monoisotopic (exact) mass is 592 g/mol. The summed E-state index contributed by atoms with van der Waals surface area (Å²) >= 11 is 0. The lowest BCUT2D eigenvalue weighted by Crippen LogP contribution is -2.06. The smallest absolute Gasteiger partial charge is 0.238 e. The summed E-state index contributed by atoms with van der Waals surface area (Å²) < 4.78 is 15.0. The second-order valence-electron chi connectivity index (χ2n) is 11.7. The molecule has 0 N–H and O–H groups in total. The molecule has 0 saturated carbocycles. The van der Waals surface area contributed by atoms with Crippen LogP contribution in [-0.2, 0) is 0 Å². The van der Waals surface area contributed by atoms with Crippen molar-refractivity contribution in [3.63, 3.8) is 0 Å². The molecular weight excluding hydrogens is 568 g/mol. The molecule has 0 aliphatic rings. The molecule has 0 aliphatic carbocycles. The third kappa shape index (κ3) is 3.49. The van der Waals surface area contributed by atoms with E-state index in [0.29, 0.717) is 17.6 Å². The third-order valence-corrected chi connectivity index (χ3v) is 8.98. The molecule has 0 saturated heterocycles. The van der Waals surface area contributed by atoms with E-state index in [1.165, 1.54) is 0 Å². The number of hydrogen-bond acceptors (Lipinski definition) is 5. The molecule has 0 fully saturated rings. The van der Waals surface area contributed by atoms with Gasteiger partial charge in [-0.15, -0.1) is 0 Å². The van der Waals surface area contributed by atoms with Crippen LogP contribution >= 0.6 is 0 Å². The van der Waals surface area contributed by atoms with Crippen LogP contribution in [0.5, 0.6) is 0 Å². The van der Waals surface area contributed by atoms with E-state index in [4.69, 9.17) is 23.8 Å². The topological polar surface area (TPSA) is 69.9 Å². The lowest BCUT2D eigenvalue weighted by atomic mass is 10.0. The fraction of sp³-hybridized carbons (Fsp3) is 0.0250. The number of aryl methyl sites for hydroxylation is 1. The maximum atomic E-state index is 6.63. The van der Waals surface area contributed by atoms with E-state index in [0.717, 1.165) is 82.4 Å². The highest BCUT2D eigenvalue weighted by Crippen LogP contribution is 2.42. The van der Waals surface area contributed by atoms with E-state index in [-0.39, 0.29) is 0 Å². The summed E-state index contributed by atoms with van der Waals surface area (Å²) in [5.74, 6) is 1.68. The molecule has 10 aromatic rings. The fourth-order valence-electron chi connectivity index (χ4n) is 7.00. The molecule has 46 heavy (non-hydrogen) atoms. The van der Waals surface area contributed by atoms with Gasteiger partial charge in [0.25, 0.3) is 0 Å². The van der Waals surface area contributed by atoms with Crippen molar-refractivity contribution in [3.05, 3.63) is 133 Å². The zero-order chi connectivity index (χ0) is 30.4.